The number of hydrogen-bond acceptors (Lipinski definition) is 4. The van der Waals surface area contributed by atoms with Crippen molar-refractivity contribution < 1.29 is 9.59 Å². The Balaban J connectivity index is 1.63. The van der Waals surface area contributed by atoms with Crippen LogP contribution in [-0.2, 0) is 4.79 Å². The van der Waals surface area contributed by atoms with Crippen molar-refractivity contribution in [3.63, 3.8) is 0 Å². The fourth-order valence-corrected chi connectivity index (χ4v) is 4.35. The molecule has 1 aliphatic carbocycles. The summed E-state index contributed by atoms with van der Waals surface area (Å²) in [6, 6.07) is 5.40. The normalized spacial score (nSPS) is 24.7. The number of nitrogens with one attached hydrogen (secondary N) is 2. The van der Waals surface area contributed by atoms with Gasteiger partial charge in [-0.25, -0.2) is 19.6 Å². The van der Waals surface area contributed by atoms with Gasteiger partial charge in [-0.3, -0.25) is 9.72 Å². The average Bonchev–Trinajstić information content (AvgIpc) is 2.95. The van der Waals surface area contributed by atoms with Crippen molar-refractivity contribution >= 4 is 23.6 Å². The Labute approximate surface area is 152 Å². The molecule has 7 nitrogen and oxygen atoms in total. The highest BCUT2D eigenvalue weighted by atomic mass is 16.2. The van der Waals surface area contributed by atoms with Gasteiger partial charge in [0.1, 0.15) is 0 Å². The molecule has 7 heteroatoms. The summed E-state index contributed by atoms with van der Waals surface area (Å²) in [7, 11) is 0. The number of aliphatic imine (C=N–C) groups is 1. The van der Waals surface area contributed by atoms with Gasteiger partial charge in [-0.1, -0.05) is 26.8 Å². The first kappa shape index (κ1) is 18.1. The van der Waals surface area contributed by atoms with E-state index in [1.165, 1.54) is 0 Å². The Morgan fingerprint density at radius 1 is 1.38 bits per heavy atom. The minimum absolute atomic E-state index is 0.0395. The Morgan fingerprint density at radius 3 is 2.96 bits per heavy atom. The first-order valence-electron chi connectivity index (χ1n) is 8.84. The molecule has 3 rings (SSSR count). The number of amides is 2. The third kappa shape index (κ3) is 4.11. The zero-order chi connectivity index (χ0) is 18.8. The lowest BCUT2D eigenvalue weighted by molar-refractivity contribution is 0.0855. The van der Waals surface area contributed by atoms with Crippen molar-refractivity contribution in [3.05, 3.63) is 30.6 Å². The van der Waals surface area contributed by atoms with Gasteiger partial charge in [0.2, 0.25) is 12.0 Å². The summed E-state index contributed by atoms with van der Waals surface area (Å²) in [6.45, 7) is 6.99. The molecule has 1 aliphatic rings. The van der Waals surface area contributed by atoms with Gasteiger partial charge in [0.05, 0.1) is 17.8 Å². The standard InChI is InChI=1S/C19H25N5O2/c1-18(2)8-14(22-13-25)9-19(3,11-18)12-21-17(26)23-16-20-10-15-6-4-5-7-24(15)16/h4-7,10,14H,8-9,11-12H2,1-3H3,(H2,20,21,23,26). The molecule has 1 fully saturated rings. The second-order valence-electron chi connectivity index (χ2n) is 8.32. The van der Waals surface area contributed by atoms with Crippen LogP contribution in [0, 0.1) is 10.8 Å². The van der Waals surface area contributed by atoms with Crippen LogP contribution in [0.4, 0.5) is 10.7 Å². The molecule has 0 radical (unpaired) electrons. The van der Waals surface area contributed by atoms with Gasteiger partial charge in [-0.15, -0.1) is 0 Å². The van der Waals surface area contributed by atoms with Crippen LogP contribution < -0.4 is 10.6 Å². The summed E-state index contributed by atoms with van der Waals surface area (Å²) < 4.78 is 1.82. The van der Waals surface area contributed by atoms with Gasteiger partial charge in [-0.05, 0) is 42.2 Å². The van der Waals surface area contributed by atoms with Crippen LogP contribution in [0.25, 0.3) is 5.52 Å². The van der Waals surface area contributed by atoms with E-state index >= 15 is 0 Å². The Bertz CT molecular complexity index is 852. The second-order valence-corrected chi connectivity index (χ2v) is 8.32. The fraction of sp³-hybridized carbons (Fsp3) is 0.526. The lowest BCUT2D eigenvalue weighted by Gasteiger charge is -2.45. The molecular formula is C19H25N5O2. The number of nitrogens with zero attached hydrogens (tertiary/aromatic N) is 3. The number of rotatable bonds is 4. The lowest BCUT2D eigenvalue weighted by Crippen LogP contribution is -2.45. The van der Waals surface area contributed by atoms with Gasteiger partial charge in [0, 0.05) is 12.7 Å². The largest absolute Gasteiger partial charge is 0.337 e. The van der Waals surface area contributed by atoms with E-state index in [9.17, 15) is 9.59 Å². The Kier molecular flexibility index (Phi) is 4.83. The van der Waals surface area contributed by atoms with Crippen LogP contribution in [0.5, 0.6) is 0 Å². The predicted molar refractivity (Wildman–Crippen MR) is 99.9 cm³/mol. The molecule has 2 unspecified atom stereocenters. The van der Waals surface area contributed by atoms with Crippen LogP contribution in [-0.4, -0.2) is 34.1 Å². The summed E-state index contributed by atoms with van der Waals surface area (Å²) in [4.78, 5) is 31.2. The van der Waals surface area contributed by atoms with Gasteiger partial charge < -0.3 is 5.32 Å². The highest BCUT2D eigenvalue weighted by Gasteiger charge is 2.41. The van der Waals surface area contributed by atoms with Gasteiger partial charge in [0.25, 0.3) is 0 Å². The summed E-state index contributed by atoms with van der Waals surface area (Å²) in [5, 5.41) is 5.75. The smallest absolute Gasteiger partial charge is 0.321 e. The molecule has 0 spiro atoms. The van der Waals surface area contributed by atoms with Crippen LogP contribution in [0.1, 0.15) is 40.0 Å². The van der Waals surface area contributed by atoms with Crippen molar-refractivity contribution in [2.45, 2.75) is 46.1 Å². The molecule has 2 N–H and O–H groups in total. The number of carbonyl (C=O) groups excluding carboxylic acids is 2. The highest BCUT2D eigenvalue weighted by Crippen LogP contribution is 2.46. The van der Waals surface area contributed by atoms with E-state index < -0.39 is 0 Å². The molecule has 138 valence electrons. The number of pyridine rings is 1. The SMILES string of the molecule is CC1(C)CC(N=C=O)CC(C)(CNC(=O)Nc2ncc3ccccn23)C1. The van der Waals surface area contributed by atoms with E-state index in [-0.39, 0.29) is 22.9 Å². The maximum Gasteiger partial charge on any atom is 0.321 e. The first-order valence-corrected chi connectivity index (χ1v) is 8.84. The van der Waals surface area contributed by atoms with Crippen molar-refractivity contribution in [2.75, 3.05) is 11.9 Å². The fourth-order valence-electron chi connectivity index (χ4n) is 4.35. The van der Waals surface area contributed by atoms with Crippen molar-refractivity contribution in [3.8, 4) is 0 Å². The summed E-state index contributed by atoms with van der Waals surface area (Å²) in [6.07, 6.45) is 7.84. The van der Waals surface area contributed by atoms with Crippen LogP contribution in [0.15, 0.2) is 35.6 Å². The van der Waals surface area contributed by atoms with Crippen LogP contribution in [0.2, 0.25) is 0 Å². The van der Waals surface area contributed by atoms with Gasteiger partial charge >= 0.3 is 6.03 Å². The topological polar surface area (TPSA) is 87.9 Å². The molecule has 0 aromatic carbocycles. The predicted octanol–water partition coefficient (Wildman–Crippen LogP) is 3.38. The molecule has 2 atom stereocenters. The van der Waals surface area contributed by atoms with Crippen molar-refractivity contribution in [1.29, 1.82) is 0 Å². The highest BCUT2D eigenvalue weighted by molar-refractivity contribution is 5.88. The zero-order valence-electron chi connectivity index (χ0n) is 15.5. The lowest BCUT2D eigenvalue weighted by atomic mass is 9.63. The van der Waals surface area contributed by atoms with Crippen molar-refractivity contribution in [1.82, 2.24) is 14.7 Å². The Hall–Kier alpha value is -2.66. The average molecular weight is 355 g/mol. The van der Waals surface area contributed by atoms with E-state index in [2.05, 4.69) is 41.4 Å². The maximum absolute atomic E-state index is 12.3. The number of anilines is 1. The monoisotopic (exact) mass is 355 g/mol. The first-order chi connectivity index (χ1) is 12.3. The minimum atomic E-state index is -0.290. The number of aromatic nitrogens is 2. The molecular weight excluding hydrogens is 330 g/mol. The number of imidazole rings is 1. The molecule has 26 heavy (non-hydrogen) atoms. The number of fused-ring (bicyclic) bond motifs is 1. The van der Waals surface area contributed by atoms with Crippen LogP contribution >= 0.6 is 0 Å². The molecule has 0 aliphatic heterocycles. The van der Waals surface area contributed by atoms with E-state index in [1.54, 1.807) is 12.3 Å². The van der Waals surface area contributed by atoms with Gasteiger partial charge in [-0.2, -0.15) is 0 Å². The van der Waals surface area contributed by atoms with E-state index in [1.807, 2.05) is 28.8 Å². The summed E-state index contributed by atoms with van der Waals surface area (Å²) in [5.41, 5.74) is 0.854. The van der Waals surface area contributed by atoms with Gasteiger partial charge in [0.15, 0.2) is 0 Å². The summed E-state index contributed by atoms with van der Waals surface area (Å²) >= 11 is 0. The van der Waals surface area contributed by atoms with E-state index in [0.717, 1.165) is 24.8 Å². The molecule has 2 amide bonds. The van der Waals surface area contributed by atoms with E-state index in [4.69, 9.17) is 0 Å². The molecule has 2 heterocycles. The number of urea groups is 1. The van der Waals surface area contributed by atoms with Crippen LogP contribution in [0.3, 0.4) is 0 Å². The quantitative estimate of drug-likeness (QED) is 0.651. The molecule has 2 aromatic rings. The van der Waals surface area contributed by atoms with E-state index in [0.29, 0.717) is 12.5 Å². The molecule has 2 aromatic heterocycles. The molecule has 1 saturated carbocycles. The van der Waals surface area contributed by atoms with Crippen molar-refractivity contribution in [2.24, 2.45) is 15.8 Å². The zero-order valence-corrected chi connectivity index (χ0v) is 15.5. The molecule has 0 bridgehead atoms. The second kappa shape index (κ2) is 6.92. The summed E-state index contributed by atoms with van der Waals surface area (Å²) in [5.74, 6) is 0.482. The Morgan fingerprint density at radius 2 is 2.19 bits per heavy atom. The minimum Gasteiger partial charge on any atom is -0.337 e. The third-order valence-electron chi connectivity index (χ3n) is 5.00. The number of carbonyl (C=O) groups is 1. The number of hydrogen-bond donors (Lipinski definition) is 2. The molecule has 0 saturated heterocycles. The number of isocyanates is 1. The maximum atomic E-state index is 12.3. The third-order valence-corrected chi connectivity index (χ3v) is 5.00.